The Bertz CT molecular complexity index is 552. The molecule has 0 bridgehead atoms. The number of nitrogens with zero attached hydrogens (tertiary/aromatic N) is 3. The van der Waals surface area contributed by atoms with Gasteiger partial charge in [0.05, 0.1) is 0 Å². The topological polar surface area (TPSA) is 30.7 Å². The fourth-order valence-corrected chi connectivity index (χ4v) is 2.24. The molecule has 2 aromatic rings. The van der Waals surface area contributed by atoms with Crippen LogP contribution in [0.25, 0.3) is 11.2 Å². The van der Waals surface area contributed by atoms with E-state index in [2.05, 4.69) is 41.4 Å². The number of imidazole rings is 1. The fraction of sp³-hybridized carbons (Fsp3) is 0.571. The Morgan fingerprint density at radius 2 is 2.06 bits per heavy atom. The van der Waals surface area contributed by atoms with Gasteiger partial charge < -0.3 is 4.57 Å². The molecule has 0 fully saturated rings. The van der Waals surface area contributed by atoms with E-state index in [0.717, 1.165) is 35.5 Å². The van der Waals surface area contributed by atoms with Crippen molar-refractivity contribution in [2.24, 2.45) is 5.41 Å². The van der Waals surface area contributed by atoms with Crippen LogP contribution in [0.15, 0.2) is 12.3 Å². The second-order valence-corrected chi connectivity index (χ2v) is 6.35. The van der Waals surface area contributed by atoms with Crippen LogP contribution in [0.2, 0.25) is 0 Å². The molecule has 0 atom stereocenters. The Kier molecular flexibility index (Phi) is 3.62. The fourth-order valence-electron chi connectivity index (χ4n) is 2.07. The highest BCUT2D eigenvalue weighted by Crippen LogP contribution is 2.23. The molecule has 2 heterocycles. The Labute approximate surface area is 113 Å². The lowest BCUT2D eigenvalue weighted by atomic mass is 9.97. The number of hydrogen-bond donors (Lipinski definition) is 0. The highest BCUT2D eigenvalue weighted by Gasteiger charge is 2.18. The predicted octanol–water partition coefficient (Wildman–Crippen LogP) is 3.57. The van der Waals surface area contributed by atoms with Gasteiger partial charge in [-0.1, -0.05) is 20.8 Å². The summed E-state index contributed by atoms with van der Waals surface area (Å²) in [5, 5.41) is 0. The molecule has 98 valence electrons. The van der Waals surface area contributed by atoms with Crippen molar-refractivity contribution in [1.82, 2.24) is 14.5 Å². The van der Waals surface area contributed by atoms with Crippen LogP contribution in [-0.4, -0.2) is 20.4 Å². The summed E-state index contributed by atoms with van der Waals surface area (Å²) in [6, 6.07) is 2.08. The van der Waals surface area contributed by atoms with E-state index in [0.29, 0.717) is 5.88 Å². The van der Waals surface area contributed by atoms with Crippen LogP contribution < -0.4 is 0 Å². The Hall–Kier alpha value is -1.09. The van der Waals surface area contributed by atoms with Gasteiger partial charge in [0.2, 0.25) is 0 Å². The van der Waals surface area contributed by atoms with Gasteiger partial charge in [0.15, 0.2) is 5.65 Å². The second-order valence-electron chi connectivity index (χ2n) is 5.97. The molecule has 4 heteroatoms. The number of aryl methyl sites for hydroxylation is 2. The Morgan fingerprint density at radius 3 is 2.67 bits per heavy atom. The van der Waals surface area contributed by atoms with Crippen LogP contribution in [0.3, 0.4) is 0 Å². The molecule has 0 N–H and O–H groups in total. The van der Waals surface area contributed by atoms with Crippen LogP contribution in [0.4, 0.5) is 0 Å². The molecule has 0 radical (unpaired) electrons. The maximum atomic E-state index is 5.86. The molecule has 0 unspecified atom stereocenters. The SMILES string of the molecule is Cc1cnc2c(c1)nc(CCCl)n2CC(C)(C)C. The number of aromatic nitrogens is 3. The standard InChI is InChI=1S/C14H20ClN3/c1-10-7-11-13(16-8-10)18(9-14(2,3)4)12(17-11)5-6-15/h7-8H,5-6,9H2,1-4H3. The number of rotatable bonds is 3. The molecular formula is C14H20ClN3. The normalized spacial score (nSPS) is 12.3. The highest BCUT2D eigenvalue weighted by atomic mass is 35.5. The first-order valence-electron chi connectivity index (χ1n) is 6.28. The minimum Gasteiger partial charge on any atom is -0.312 e. The third kappa shape index (κ3) is 2.83. The Morgan fingerprint density at radius 1 is 1.33 bits per heavy atom. The molecule has 0 spiro atoms. The van der Waals surface area contributed by atoms with Gasteiger partial charge in [-0.3, -0.25) is 0 Å². The van der Waals surface area contributed by atoms with E-state index in [9.17, 15) is 0 Å². The first kappa shape index (κ1) is 13.3. The average molecular weight is 266 g/mol. The molecule has 0 aliphatic rings. The van der Waals surface area contributed by atoms with E-state index in [-0.39, 0.29) is 5.41 Å². The molecule has 0 aliphatic carbocycles. The van der Waals surface area contributed by atoms with E-state index in [1.165, 1.54) is 0 Å². The number of hydrogen-bond acceptors (Lipinski definition) is 2. The third-order valence-electron chi connectivity index (χ3n) is 2.75. The van der Waals surface area contributed by atoms with Crippen molar-refractivity contribution in [3.63, 3.8) is 0 Å². The zero-order valence-electron chi connectivity index (χ0n) is 11.5. The van der Waals surface area contributed by atoms with E-state index >= 15 is 0 Å². The summed E-state index contributed by atoms with van der Waals surface area (Å²) in [7, 11) is 0. The second kappa shape index (κ2) is 4.88. The van der Waals surface area contributed by atoms with Crippen molar-refractivity contribution in [2.75, 3.05) is 5.88 Å². The zero-order chi connectivity index (χ0) is 13.3. The van der Waals surface area contributed by atoms with Crippen molar-refractivity contribution in [3.8, 4) is 0 Å². The minimum absolute atomic E-state index is 0.196. The van der Waals surface area contributed by atoms with Gasteiger partial charge in [-0.2, -0.15) is 0 Å². The molecule has 0 aromatic carbocycles. The molecule has 0 saturated heterocycles. The van der Waals surface area contributed by atoms with E-state index < -0.39 is 0 Å². The van der Waals surface area contributed by atoms with Gasteiger partial charge >= 0.3 is 0 Å². The molecule has 0 saturated carbocycles. The molecule has 0 aliphatic heterocycles. The largest absolute Gasteiger partial charge is 0.312 e. The average Bonchev–Trinajstić information content (AvgIpc) is 2.54. The molecule has 3 nitrogen and oxygen atoms in total. The van der Waals surface area contributed by atoms with Gasteiger partial charge in [0, 0.05) is 25.0 Å². The summed E-state index contributed by atoms with van der Waals surface area (Å²) in [5.41, 5.74) is 3.27. The summed E-state index contributed by atoms with van der Waals surface area (Å²) in [5.74, 6) is 1.62. The van der Waals surface area contributed by atoms with Gasteiger partial charge in [0.1, 0.15) is 11.3 Å². The lowest BCUT2D eigenvalue weighted by Gasteiger charge is -2.20. The van der Waals surface area contributed by atoms with Gasteiger partial charge in [0.25, 0.3) is 0 Å². The van der Waals surface area contributed by atoms with Gasteiger partial charge in [-0.05, 0) is 24.0 Å². The lowest BCUT2D eigenvalue weighted by molar-refractivity contribution is 0.342. The number of pyridine rings is 1. The molecule has 0 amide bonds. The number of fused-ring (bicyclic) bond motifs is 1. The minimum atomic E-state index is 0.196. The monoisotopic (exact) mass is 265 g/mol. The maximum Gasteiger partial charge on any atom is 0.160 e. The van der Waals surface area contributed by atoms with Crippen molar-refractivity contribution >= 4 is 22.8 Å². The maximum absolute atomic E-state index is 5.86. The van der Waals surface area contributed by atoms with Crippen molar-refractivity contribution in [3.05, 3.63) is 23.7 Å². The van der Waals surface area contributed by atoms with Crippen LogP contribution in [0, 0.1) is 12.3 Å². The van der Waals surface area contributed by atoms with Crippen LogP contribution in [0.1, 0.15) is 32.2 Å². The summed E-state index contributed by atoms with van der Waals surface area (Å²) in [6.45, 7) is 9.61. The van der Waals surface area contributed by atoms with E-state index in [1.807, 2.05) is 13.1 Å². The molecular weight excluding hydrogens is 246 g/mol. The molecule has 2 aromatic heterocycles. The quantitative estimate of drug-likeness (QED) is 0.795. The van der Waals surface area contributed by atoms with Crippen LogP contribution >= 0.6 is 11.6 Å². The molecule has 18 heavy (non-hydrogen) atoms. The smallest absolute Gasteiger partial charge is 0.160 e. The van der Waals surface area contributed by atoms with E-state index in [1.54, 1.807) is 0 Å². The van der Waals surface area contributed by atoms with Gasteiger partial charge in [-0.25, -0.2) is 9.97 Å². The summed E-state index contributed by atoms with van der Waals surface area (Å²) >= 11 is 5.86. The number of alkyl halides is 1. The summed E-state index contributed by atoms with van der Waals surface area (Å²) in [6.07, 6.45) is 2.68. The van der Waals surface area contributed by atoms with Crippen molar-refractivity contribution in [1.29, 1.82) is 0 Å². The van der Waals surface area contributed by atoms with Crippen LogP contribution in [-0.2, 0) is 13.0 Å². The van der Waals surface area contributed by atoms with E-state index in [4.69, 9.17) is 11.6 Å². The zero-order valence-corrected chi connectivity index (χ0v) is 12.3. The molecule has 2 rings (SSSR count). The van der Waals surface area contributed by atoms with Gasteiger partial charge in [-0.15, -0.1) is 11.6 Å². The highest BCUT2D eigenvalue weighted by molar-refractivity contribution is 6.17. The summed E-state index contributed by atoms with van der Waals surface area (Å²) < 4.78 is 2.21. The number of halogens is 1. The Balaban J connectivity index is 2.55. The third-order valence-corrected chi connectivity index (χ3v) is 2.94. The van der Waals surface area contributed by atoms with Crippen molar-refractivity contribution < 1.29 is 0 Å². The lowest BCUT2D eigenvalue weighted by Crippen LogP contribution is -2.18. The first-order valence-corrected chi connectivity index (χ1v) is 6.82. The predicted molar refractivity (Wildman–Crippen MR) is 76.1 cm³/mol. The first-order chi connectivity index (χ1) is 8.40. The van der Waals surface area contributed by atoms with Crippen molar-refractivity contribution in [2.45, 2.75) is 40.7 Å². The van der Waals surface area contributed by atoms with Crippen LogP contribution in [0.5, 0.6) is 0 Å². The summed E-state index contributed by atoms with van der Waals surface area (Å²) in [4.78, 5) is 9.19.